The highest BCUT2D eigenvalue weighted by molar-refractivity contribution is 6.46. The Morgan fingerprint density at radius 2 is 1.77 bits per heavy atom. The Bertz CT molecular complexity index is 1030. The van der Waals surface area contributed by atoms with Crippen LogP contribution in [0.4, 0.5) is 0 Å². The minimum Gasteiger partial charge on any atom is -0.507 e. The molecule has 0 unspecified atom stereocenters. The van der Waals surface area contributed by atoms with Crippen molar-refractivity contribution in [2.45, 2.75) is 6.04 Å². The van der Waals surface area contributed by atoms with Crippen LogP contribution in [-0.2, 0) is 9.59 Å². The molecule has 0 spiro atoms. The fraction of sp³-hybridized carbons (Fsp3) is 0.304. The molecule has 7 nitrogen and oxygen atoms in total. The van der Waals surface area contributed by atoms with Gasteiger partial charge in [0.1, 0.15) is 17.3 Å². The molecule has 0 aliphatic carbocycles. The third-order valence-corrected chi connectivity index (χ3v) is 5.48. The first-order valence-electron chi connectivity index (χ1n) is 9.70. The highest BCUT2D eigenvalue weighted by Crippen LogP contribution is 2.43. The number of halogens is 1. The van der Waals surface area contributed by atoms with E-state index in [0.717, 1.165) is 0 Å². The Kier molecular flexibility index (Phi) is 6.87. The number of benzene rings is 2. The number of hydrogen-bond donors (Lipinski definition) is 1. The van der Waals surface area contributed by atoms with E-state index in [1.165, 1.54) is 25.2 Å². The van der Waals surface area contributed by atoms with Gasteiger partial charge in [-0.25, -0.2) is 0 Å². The molecule has 31 heavy (non-hydrogen) atoms. The lowest BCUT2D eigenvalue weighted by Gasteiger charge is -2.27. The lowest BCUT2D eigenvalue weighted by Crippen LogP contribution is -2.35. The molecule has 0 radical (unpaired) electrons. The normalized spacial score (nSPS) is 18.0. The number of hydrogen-bond acceptors (Lipinski definition) is 6. The second kappa shape index (κ2) is 9.41. The molecule has 1 amide bonds. The molecule has 1 heterocycles. The third kappa shape index (κ3) is 4.38. The van der Waals surface area contributed by atoms with Gasteiger partial charge >= 0.3 is 0 Å². The van der Waals surface area contributed by atoms with Crippen molar-refractivity contribution < 1.29 is 24.2 Å². The zero-order valence-corrected chi connectivity index (χ0v) is 18.6. The Labute approximate surface area is 186 Å². The van der Waals surface area contributed by atoms with Crippen LogP contribution in [0.2, 0.25) is 5.02 Å². The zero-order valence-electron chi connectivity index (χ0n) is 17.9. The van der Waals surface area contributed by atoms with E-state index in [2.05, 4.69) is 0 Å². The van der Waals surface area contributed by atoms with Crippen LogP contribution in [0.25, 0.3) is 5.76 Å². The van der Waals surface area contributed by atoms with Crippen LogP contribution in [0.1, 0.15) is 17.2 Å². The van der Waals surface area contributed by atoms with Crippen molar-refractivity contribution in [3.63, 3.8) is 0 Å². The topological polar surface area (TPSA) is 79.3 Å². The van der Waals surface area contributed by atoms with Gasteiger partial charge in [0.15, 0.2) is 0 Å². The maximum atomic E-state index is 13.0. The number of rotatable bonds is 7. The standard InChI is InChI=1S/C23H25ClN2O5/c1-25(2)11-12-26-20(15-7-5-6-8-17(15)30-3)19(22(28)23(26)29)21(27)14-9-10-18(31-4)16(24)13-14/h5-10,13,20,27H,11-12H2,1-4H3/b21-19+/t20-/m0/s1. The fourth-order valence-corrected chi connectivity index (χ4v) is 3.86. The molecule has 8 heteroatoms. The maximum Gasteiger partial charge on any atom is 0.295 e. The molecule has 1 fully saturated rings. The first kappa shape index (κ1) is 22.7. The predicted octanol–water partition coefficient (Wildman–Crippen LogP) is 3.34. The summed E-state index contributed by atoms with van der Waals surface area (Å²) in [4.78, 5) is 29.4. The van der Waals surface area contributed by atoms with Crippen molar-refractivity contribution in [1.82, 2.24) is 9.80 Å². The number of carbonyl (C=O) groups is 2. The predicted molar refractivity (Wildman–Crippen MR) is 119 cm³/mol. The second-order valence-electron chi connectivity index (χ2n) is 7.39. The third-order valence-electron chi connectivity index (χ3n) is 5.19. The Hall–Kier alpha value is -3.03. The van der Waals surface area contributed by atoms with Crippen molar-refractivity contribution in [3.8, 4) is 11.5 Å². The van der Waals surface area contributed by atoms with Crippen molar-refractivity contribution >= 4 is 29.1 Å². The number of likely N-dealkylation sites (N-methyl/N-ethyl adjacent to an activating group) is 1. The van der Waals surface area contributed by atoms with Gasteiger partial charge in [-0.2, -0.15) is 0 Å². The molecule has 164 valence electrons. The van der Waals surface area contributed by atoms with E-state index in [9.17, 15) is 14.7 Å². The molecule has 1 aliphatic heterocycles. The maximum absolute atomic E-state index is 13.0. The summed E-state index contributed by atoms with van der Waals surface area (Å²) in [5.74, 6) is -0.766. The van der Waals surface area contributed by atoms with E-state index in [1.807, 2.05) is 19.0 Å². The minimum atomic E-state index is -0.794. The van der Waals surface area contributed by atoms with Crippen molar-refractivity contribution in [2.24, 2.45) is 0 Å². The van der Waals surface area contributed by atoms with E-state index < -0.39 is 17.7 Å². The van der Waals surface area contributed by atoms with Gasteiger partial charge in [0, 0.05) is 24.2 Å². The summed E-state index contributed by atoms with van der Waals surface area (Å²) in [5, 5.41) is 11.4. The molecular formula is C23H25ClN2O5. The number of amides is 1. The number of likely N-dealkylation sites (tertiary alicyclic amines) is 1. The summed E-state index contributed by atoms with van der Waals surface area (Å²) >= 11 is 6.21. The van der Waals surface area contributed by atoms with Crippen LogP contribution >= 0.6 is 11.6 Å². The average Bonchev–Trinajstić information content (AvgIpc) is 3.01. The smallest absolute Gasteiger partial charge is 0.295 e. The van der Waals surface area contributed by atoms with Gasteiger partial charge in [0.25, 0.3) is 11.7 Å². The molecule has 1 aliphatic rings. The summed E-state index contributed by atoms with van der Waals surface area (Å²) in [5.41, 5.74) is 0.926. The van der Waals surface area contributed by atoms with Gasteiger partial charge in [-0.05, 0) is 38.4 Å². The van der Waals surface area contributed by atoms with Gasteiger partial charge in [-0.15, -0.1) is 0 Å². The fourth-order valence-electron chi connectivity index (χ4n) is 3.60. The van der Waals surface area contributed by atoms with Gasteiger partial charge in [0.05, 0.1) is 30.9 Å². The van der Waals surface area contributed by atoms with Crippen LogP contribution in [-0.4, -0.2) is 68.0 Å². The number of aliphatic hydroxyl groups excluding tert-OH is 1. The van der Waals surface area contributed by atoms with Crippen LogP contribution in [0, 0.1) is 0 Å². The number of para-hydroxylation sites is 1. The summed E-state index contributed by atoms with van der Waals surface area (Å²) in [6, 6.07) is 11.0. The molecule has 3 rings (SSSR count). The molecule has 1 atom stereocenters. The molecular weight excluding hydrogens is 420 g/mol. The van der Waals surface area contributed by atoms with Crippen molar-refractivity contribution in [3.05, 3.63) is 64.2 Å². The van der Waals surface area contributed by atoms with Gasteiger partial charge in [-0.3, -0.25) is 9.59 Å². The van der Waals surface area contributed by atoms with Gasteiger partial charge < -0.3 is 24.4 Å². The van der Waals surface area contributed by atoms with Crippen molar-refractivity contribution in [1.29, 1.82) is 0 Å². The number of ether oxygens (including phenoxy) is 2. The average molecular weight is 445 g/mol. The van der Waals surface area contributed by atoms with E-state index in [-0.39, 0.29) is 16.4 Å². The second-order valence-corrected chi connectivity index (χ2v) is 7.79. The SMILES string of the molecule is COc1ccc(/C(O)=C2\C(=O)C(=O)N(CCN(C)C)[C@H]2c2ccccc2OC)cc1Cl. The van der Waals surface area contributed by atoms with E-state index in [4.69, 9.17) is 21.1 Å². The lowest BCUT2D eigenvalue weighted by atomic mass is 9.94. The molecule has 0 saturated carbocycles. The highest BCUT2D eigenvalue weighted by Gasteiger charge is 2.46. The van der Waals surface area contributed by atoms with Gasteiger partial charge in [-0.1, -0.05) is 29.8 Å². The number of nitrogens with zero attached hydrogens (tertiary/aromatic N) is 2. The molecule has 2 aromatic carbocycles. The van der Waals surface area contributed by atoms with Crippen LogP contribution < -0.4 is 9.47 Å². The van der Waals surface area contributed by atoms with Crippen LogP contribution in [0.15, 0.2) is 48.0 Å². The Morgan fingerprint density at radius 3 is 2.39 bits per heavy atom. The van der Waals surface area contributed by atoms with Gasteiger partial charge in [0.2, 0.25) is 0 Å². The molecule has 0 aromatic heterocycles. The molecule has 1 saturated heterocycles. The first-order chi connectivity index (χ1) is 14.8. The van der Waals surface area contributed by atoms with E-state index >= 15 is 0 Å². The zero-order chi connectivity index (χ0) is 22.7. The lowest BCUT2D eigenvalue weighted by molar-refractivity contribution is -0.140. The number of carbonyl (C=O) groups excluding carboxylic acids is 2. The van der Waals surface area contributed by atoms with E-state index in [1.54, 1.807) is 36.4 Å². The number of Topliss-reactive ketones (excluding diaryl/α,β-unsaturated/α-hetero) is 1. The molecule has 0 bridgehead atoms. The van der Waals surface area contributed by atoms with Crippen molar-refractivity contribution in [2.75, 3.05) is 41.4 Å². The summed E-state index contributed by atoms with van der Waals surface area (Å²) < 4.78 is 10.6. The van der Waals surface area contributed by atoms with Crippen LogP contribution in [0.3, 0.4) is 0 Å². The Morgan fingerprint density at radius 1 is 1.10 bits per heavy atom. The minimum absolute atomic E-state index is 0.00510. The summed E-state index contributed by atoms with van der Waals surface area (Å²) in [6.07, 6.45) is 0. The first-order valence-corrected chi connectivity index (χ1v) is 10.1. The quantitative estimate of drug-likeness (QED) is 0.401. The van der Waals surface area contributed by atoms with Crippen LogP contribution in [0.5, 0.6) is 11.5 Å². The van der Waals surface area contributed by atoms with E-state index in [0.29, 0.717) is 35.7 Å². The summed E-state index contributed by atoms with van der Waals surface area (Å²) in [6.45, 7) is 0.855. The summed E-state index contributed by atoms with van der Waals surface area (Å²) in [7, 11) is 6.77. The number of ketones is 1. The Balaban J connectivity index is 2.20. The number of methoxy groups -OCH3 is 2. The monoisotopic (exact) mass is 444 g/mol. The highest BCUT2D eigenvalue weighted by atomic mass is 35.5. The molecule has 1 N–H and O–H groups in total. The number of aliphatic hydroxyl groups is 1. The largest absolute Gasteiger partial charge is 0.507 e. The molecule has 2 aromatic rings.